The molecule has 0 amide bonds. The van der Waals surface area contributed by atoms with Gasteiger partial charge in [0.2, 0.25) is 0 Å². The van der Waals surface area contributed by atoms with Crippen molar-refractivity contribution in [2.24, 2.45) is 0 Å². The summed E-state index contributed by atoms with van der Waals surface area (Å²) in [5.41, 5.74) is 0. The maximum absolute atomic E-state index is 11.0. The molecule has 0 aromatic carbocycles. The van der Waals surface area contributed by atoms with Crippen LogP contribution in [-0.2, 0) is 63.8 Å². The Morgan fingerprint density at radius 3 is 1.06 bits per heavy atom. The van der Waals surface area contributed by atoms with Crippen molar-refractivity contribution in [2.45, 2.75) is 129 Å². The second-order valence-electron chi connectivity index (χ2n) is 8.30. The molecule has 0 N–H and O–H groups in total. The summed E-state index contributed by atoms with van der Waals surface area (Å²) in [5.74, 6) is 0.655. The standard InChI is InChI=1S/2C13H26O2S.Zn/c2*1-2-3-4-5-6-7-8-9-11-15-13(14)10-12-16;/h2*16H,2-12H2,1H3;/q;;+2/p-2. The Bertz CT molecular complexity index is 362. The Labute approximate surface area is 229 Å². The molecule has 192 valence electrons. The van der Waals surface area contributed by atoms with Crippen LogP contribution in [0, 0.1) is 0 Å². The number of carbonyl (C=O) groups is 2. The van der Waals surface area contributed by atoms with E-state index in [0.29, 0.717) is 37.6 Å². The summed E-state index contributed by atoms with van der Waals surface area (Å²) in [6.07, 6.45) is 21.0. The van der Waals surface area contributed by atoms with E-state index in [9.17, 15) is 9.59 Å². The maximum Gasteiger partial charge on any atom is 2.00 e. The van der Waals surface area contributed by atoms with E-state index in [-0.39, 0.29) is 31.4 Å². The number of unbranched alkanes of at least 4 members (excludes halogenated alkanes) is 14. The van der Waals surface area contributed by atoms with Gasteiger partial charge in [0.25, 0.3) is 0 Å². The van der Waals surface area contributed by atoms with E-state index in [4.69, 9.17) is 34.7 Å². The molecule has 0 unspecified atom stereocenters. The number of ether oxygens (including phenoxy) is 2. The predicted molar refractivity (Wildman–Crippen MR) is 141 cm³/mol. The first-order chi connectivity index (χ1) is 15.6. The third-order valence-electron chi connectivity index (χ3n) is 5.13. The third kappa shape index (κ3) is 37.0. The topological polar surface area (TPSA) is 52.6 Å². The molecule has 0 atom stereocenters. The van der Waals surface area contributed by atoms with Crippen LogP contribution >= 0.6 is 0 Å². The van der Waals surface area contributed by atoms with Crippen LogP contribution in [-0.4, -0.2) is 36.7 Å². The molecule has 0 rings (SSSR count). The van der Waals surface area contributed by atoms with Gasteiger partial charge in [-0.05, 0) is 12.8 Å². The van der Waals surface area contributed by atoms with Crippen LogP contribution in [0.1, 0.15) is 129 Å². The van der Waals surface area contributed by atoms with Crippen molar-refractivity contribution < 1.29 is 38.5 Å². The van der Waals surface area contributed by atoms with Crippen molar-refractivity contribution >= 4 is 37.2 Å². The molecule has 33 heavy (non-hydrogen) atoms. The molecule has 0 saturated carbocycles. The van der Waals surface area contributed by atoms with Gasteiger partial charge in [0.15, 0.2) is 0 Å². The Morgan fingerprint density at radius 2 is 0.788 bits per heavy atom. The first-order valence-electron chi connectivity index (χ1n) is 13.1. The molecule has 0 saturated heterocycles. The van der Waals surface area contributed by atoms with Crippen LogP contribution in [0.4, 0.5) is 0 Å². The zero-order valence-electron chi connectivity index (χ0n) is 21.7. The van der Waals surface area contributed by atoms with Gasteiger partial charge >= 0.3 is 31.4 Å². The summed E-state index contributed by atoms with van der Waals surface area (Å²) in [4.78, 5) is 21.9. The minimum atomic E-state index is -0.141. The molecule has 0 heterocycles. The van der Waals surface area contributed by atoms with Gasteiger partial charge in [0, 0.05) is 12.8 Å². The van der Waals surface area contributed by atoms with Crippen LogP contribution in [0.5, 0.6) is 0 Å². The monoisotopic (exact) mass is 554 g/mol. The number of hydrogen-bond acceptors (Lipinski definition) is 6. The third-order valence-corrected chi connectivity index (χ3v) is 5.54. The predicted octanol–water partition coefficient (Wildman–Crippen LogP) is 7.21. The summed E-state index contributed by atoms with van der Waals surface area (Å²) >= 11 is 9.40. The number of esters is 2. The van der Waals surface area contributed by atoms with E-state index in [2.05, 4.69) is 13.8 Å². The van der Waals surface area contributed by atoms with Crippen molar-refractivity contribution in [3.8, 4) is 0 Å². The van der Waals surface area contributed by atoms with E-state index in [1.807, 2.05) is 0 Å². The Balaban J connectivity index is -0.000000529. The van der Waals surface area contributed by atoms with Crippen molar-refractivity contribution in [3.05, 3.63) is 0 Å². The minimum Gasteiger partial charge on any atom is -0.792 e. The number of hydrogen-bond donors (Lipinski definition) is 0. The second-order valence-corrected chi connectivity index (χ2v) is 9.12. The van der Waals surface area contributed by atoms with E-state index in [0.717, 1.165) is 12.8 Å². The molecular formula is C26H50O4S2Zn. The number of carbonyl (C=O) groups excluding carboxylic acids is 2. The summed E-state index contributed by atoms with van der Waals surface area (Å²) in [5, 5.41) is 0. The molecule has 4 nitrogen and oxygen atoms in total. The van der Waals surface area contributed by atoms with Crippen molar-refractivity contribution in [1.82, 2.24) is 0 Å². The fourth-order valence-corrected chi connectivity index (χ4v) is 3.49. The van der Waals surface area contributed by atoms with Crippen molar-refractivity contribution in [3.63, 3.8) is 0 Å². The zero-order valence-corrected chi connectivity index (χ0v) is 26.3. The summed E-state index contributed by atoms with van der Waals surface area (Å²) < 4.78 is 10.0. The first kappa shape index (κ1) is 37.8. The SMILES string of the molecule is CCCCCCCCCCOC(=O)CC[S-].CCCCCCCCCCOC(=O)CC[S-].[Zn+2]. The number of rotatable bonds is 22. The Kier molecular flexibility index (Phi) is 39.4. The fourth-order valence-electron chi connectivity index (χ4n) is 3.15. The molecule has 0 spiro atoms. The normalized spacial score (nSPS) is 10.1. The smallest absolute Gasteiger partial charge is 0.792 e. The Hall–Kier alpha value is 0.263. The van der Waals surface area contributed by atoms with E-state index in [1.54, 1.807) is 0 Å². The van der Waals surface area contributed by atoms with Gasteiger partial charge < -0.3 is 34.7 Å². The average molecular weight is 556 g/mol. The van der Waals surface area contributed by atoms with Crippen LogP contribution < -0.4 is 0 Å². The van der Waals surface area contributed by atoms with Crippen LogP contribution in [0.15, 0.2) is 0 Å². The molecule has 0 bridgehead atoms. The second kappa shape index (κ2) is 34.4. The van der Waals surface area contributed by atoms with Gasteiger partial charge in [-0.15, -0.1) is 0 Å². The molecule has 0 aromatic heterocycles. The van der Waals surface area contributed by atoms with Crippen LogP contribution in [0.25, 0.3) is 0 Å². The van der Waals surface area contributed by atoms with E-state index >= 15 is 0 Å². The molecule has 0 radical (unpaired) electrons. The first-order valence-corrected chi connectivity index (χ1v) is 14.2. The summed E-state index contributed by atoms with van der Waals surface area (Å²) in [6.45, 7) is 5.61. The summed E-state index contributed by atoms with van der Waals surface area (Å²) in [6, 6.07) is 0. The molecule has 0 aromatic rings. The summed E-state index contributed by atoms with van der Waals surface area (Å²) in [7, 11) is 0. The fraction of sp³-hybridized carbons (Fsp3) is 0.923. The van der Waals surface area contributed by atoms with E-state index in [1.165, 1.54) is 89.9 Å². The van der Waals surface area contributed by atoms with Gasteiger partial charge in [-0.3, -0.25) is 9.59 Å². The van der Waals surface area contributed by atoms with Gasteiger partial charge in [0.1, 0.15) is 0 Å². The van der Waals surface area contributed by atoms with Crippen molar-refractivity contribution in [2.75, 3.05) is 24.7 Å². The molecule has 0 fully saturated rings. The van der Waals surface area contributed by atoms with Crippen LogP contribution in [0.2, 0.25) is 0 Å². The van der Waals surface area contributed by atoms with Crippen LogP contribution in [0.3, 0.4) is 0 Å². The molecule has 7 heteroatoms. The maximum atomic E-state index is 11.0. The van der Waals surface area contributed by atoms with Gasteiger partial charge in [-0.25, -0.2) is 0 Å². The average Bonchev–Trinajstić information content (AvgIpc) is 2.78. The largest absolute Gasteiger partial charge is 2.00 e. The molecule has 0 aliphatic carbocycles. The van der Waals surface area contributed by atoms with Crippen molar-refractivity contribution in [1.29, 1.82) is 0 Å². The minimum absolute atomic E-state index is 0. The Morgan fingerprint density at radius 1 is 0.515 bits per heavy atom. The molecule has 0 aliphatic heterocycles. The zero-order chi connectivity index (χ0) is 24.1. The molecular weight excluding hydrogens is 506 g/mol. The van der Waals surface area contributed by atoms with Gasteiger partial charge in [-0.2, -0.15) is 11.5 Å². The quantitative estimate of drug-likeness (QED) is 0.0608. The van der Waals surface area contributed by atoms with E-state index < -0.39 is 0 Å². The molecule has 0 aliphatic rings. The van der Waals surface area contributed by atoms with Gasteiger partial charge in [-0.1, -0.05) is 104 Å². The van der Waals surface area contributed by atoms with Gasteiger partial charge in [0.05, 0.1) is 13.2 Å².